The van der Waals surface area contributed by atoms with Gasteiger partial charge in [0.15, 0.2) is 11.5 Å². The molecule has 0 bridgehead atoms. The summed E-state index contributed by atoms with van der Waals surface area (Å²) in [7, 11) is 0. The fourth-order valence-electron chi connectivity index (χ4n) is 2.28. The second kappa shape index (κ2) is 7.68. The highest BCUT2D eigenvalue weighted by Crippen LogP contribution is 2.30. The summed E-state index contributed by atoms with van der Waals surface area (Å²) in [6.45, 7) is 3.18. The van der Waals surface area contributed by atoms with E-state index in [0.29, 0.717) is 36.7 Å². The Balaban J connectivity index is 2.00. The van der Waals surface area contributed by atoms with Crippen LogP contribution in [-0.4, -0.2) is 36.7 Å². The molecule has 0 radical (unpaired) electrons. The van der Waals surface area contributed by atoms with Crippen LogP contribution < -0.4 is 14.8 Å². The first-order valence-corrected chi connectivity index (χ1v) is 7.52. The van der Waals surface area contributed by atoms with Crippen LogP contribution in [-0.2, 0) is 4.79 Å². The Morgan fingerprint density at radius 3 is 2.68 bits per heavy atom. The summed E-state index contributed by atoms with van der Waals surface area (Å²) in [6, 6.07) is 4.99. The number of carbonyl (C=O) groups is 2. The third-order valence-electron chi connectivity index (χ3n) is 3.51. The number of carboxylic acids is 1. The van der Waals surface area contributed by atoms with E-state index in [-0.39, 0.29) is 12.5 Å². The molecule has 1 aromatic carbocycles. The van der Waals surface area contributed by atoms with Crippen LogP contribution in [0.25, 0.3) is 0 Å². The van der Waals surface area contributed by atoms with Gasteiger partial charge in [-0.15, -0.1) is 0 Å². The first kappa shape index (κ1) is 16.1. The molecule has 120 valence electrons. The Morgan fingerprint density at radius 2 is 2.00 bits per heavy atom. The summed E-state index contributed by atoms with van der Waals surface area (Å²) in [5, 5.41) is 11.8. The van der Waals surface area contributed by atoms with E-state index in [0.717, 1.165) is 12.8 Å². The Labute approximate surface area is 129 Å². The average molecular weight is 307 g/mol. The molecule has 0 aliphatic carbocycles. The molecule has 0 fully saturated rings. The van der Waals surface area contributed by atoms with Crippen LogP contribution in [0.5, 0.6) is 11.5 Å². The molecule has 0 saturated heterocycles. The highest BCUT2D eigenvalue weighted by atomic mass is 16.5. The molecule has 6 heteroatoms. The third kappa shape index (κ3) is 4.13. The van der Waals surface area contributed by atoms with Crippen LogP contribution in [0.3, 0.4) is 0 Å². The maximum absolute atomic E-state index is 12.1. The lowest BCUT2D eigenvalue weighted by molar-refractivity contribution is -0.141. The zero-order valence-electron chi connectivity index (χ0n) is 12.6. The van der Waals surface area contributed by atoms with Crippen LogP contribution >= 0.6 is 0 Å². The van der Waals surface area contributed by atoms with Gasteiger partial charge in [0.25, 0.3) is 5.91 Å². The number of amides is 1. The number of carboxylic acid groups (broad SMARTS) is 1. The molecule has 22 heavy (non-hydrogen) atoms. The minimum atomic E-state index is -0.888. The standard InChI is InChI=1S/C16H21NO5/c1-2-4-12(16(19)20)10-17-15(18)11-5-6-13-14(9-11)22-8-3-7-21-13/h5-6,9,12H,2-4,7-8,10H2,1H3,(H,17,18)(H,19,20). The minimum Gasteiger partial charge on any atom is -0.490 e. The number of hydrogen-bond acceptors (Lipinski definition) is 4. The van der Waals surface area contributed by atoms with Crippen molar-refractivity contribution in [3.63, 3.8) is 0 Å². The second-order valence-electron chi connectivity index (χ2n) is 5.25. The first-order chi connectivity index (χ1) is 10.6. The van der Waals surface area contributed by atoms with E-state index in [4.69, 9.17) is 14.6 Å². The predicted octanol–water partition coefficient (Wildman–Crippen LogP) is 2.08. The molecule has 0 spiro atoms. The first-order valence-electron chi connectivity index (χ1n) is 7.52. The van der Waals surface area contributed by atoms with Crippen molar-refractivity contribution in [1.29, 1.82) is 0 Å². The molecule has 1 unspecified atom stereocenters. The smallest absolute Gasteiger partial charge is 0.308 e. The Hall–Kier alpha value is -2.24. The number of fused-ring (bicyclic) bond motifs is 1. The van der Waals surface area contributed by atoms with Gasteiger partial charge >= 0.3 is 5.97 Å². The molecule has 2 rings (SSSR count). The van der Waals surface area contributed by atoms with Crippen molar-refractivity contribution >= 4 is 11.9 Å². The number of benzene rings is 1. The van der Waals surface area contributed by atoms with Crippen molar-refractivity contribution in [1.82, 2.24) is 5.32 Å². The lowest BCUT2D eigenvalue weighted by atomic mass is 10.0. The Kier molecular flexibility index (Phi) is 5.63. The highest BCUT2D eigenvalue weighted by molar-refractivity contribution is 5.95. The lowest BCUT2D eigenvalue weighted by Gasteiger charge is -2.13. The van der Waals surface area contributed by atoms with Crippen molar-refractivity contribution in [3.8, 4) is 11.5 Å². The molecule has 1 aromatic rings. The maximum Gasteiger partial charge on any atom is 0.308 e. The zero-order chi connectivity index (χ0) is 15.9. The monoisotopic (exact) mass is 307 g/mol. The van der Waals surface area contributed by atoms with E-state index in [1.165, 1.54) is 0 Å². The van der Waals surface area contributed by atoms with Crippen molar-refractivity contribution in [2.75, 3.05) is 19.8 Å². The van der Waals surface area contributed by atoms with E-state index in [2.05, 4.69) is 5.32 Å². The van der Waals surface area contributed by atoms with Crippen molar-refractivity contribution < 1.29 is 24.2 Å². The number of ether oxygens (including phenoxy) is 2. The normalized spacial score (nSPS) is 14.8. The van der Waals surface area contributed by atoms with E-state index in [1.54, 1.807) is 18.2 Å². The fraction of sp³-hybridized carbons (Fsp3) is 0.500. The van der Waals surface area contributed by atoms with Crippen LogP contribution in [0.2, 0.25) is 0 Å². The van der Waals surface area contributed by atoms with Crippen LogP contribution in [0, 0.1) is 5.92 Å². The summed E-state index contributed by atoms with van der Waals surface area (Å²) >= 11 is 0. The number of nitrogens with one attached hydrogen (secondary N) is 1. The molecule has 0 aromatic heterocycles. The molecule has 1 heterocycles. The minimum absolute atomic E-state index is 0.121. The van der Waals surface area contributed by atoms with E-state index >= 15 is 0 Å². The summed E-state index contributed by atoms with van der Waals surface area (Å²) in [6.07, 6.45) is 2.10. The SMILES string of the molecule is CCCC(CNC(=O)c1ccc2c(c1)OCCCO2)C(=O)O. The van der Waals surface area contributed by atoms with Crippen LogP contribution in [0.15, 0.2) is 18.2 Å². The average Bonchev–Trinajstić information content (AvgIpc) is 2.75. The van der Waals surface area contributed by atoms with E-state index in [1.807, 2.05) is 6.92 Å². The van der Waals surface area contributed by atoms with Crippen LogP contribution in [0.4, 0.5) is 0 Å². The highest BCUT2D eigenvalue weighted by Gasteiger charge is 2.19. The summed E-state index contributed by atoms with van der Waals surface area (Å²) in [5.41, 5.74) is 0.435. The van der Waals surface area contributed by atoms with E-state index in [9.17, 15) is 9.59 Å². The molecule has 1 aliphatic heterocycles. The lowest BCUT2D eigenvalue weighted by Crippen LogP contribution is -2.32. The number of carbonyl (C=O) groups excluding carboxylic acids is 1. The van der Waals surface area contributed by atoms with Gasteiger partial charge in [-0.2, -0.15) is 0 Å². The second-order valence-corrected chi connectivity index (χ2v) is 5.25. The van der Waals surface area contributed by atoms with Crippen LogP contribution in [0.1, 0.15) is 36.5 Å². The molecular weight excluding hydrogens is 286 g/mol. The van der Waals surface area contributed by atoms with Gasteiger partial charge in [0.1, 0.15) is 0 Å². The van der Waals surface area contributed by atoms with Gasteiger partial charge < -0.3 is 19.9 Å². The molecule has 0 saturated carbocycles. The fourth-order valence-corrected chi connectivity index (χ4v) is 2.28. The van der Waals surface area contributed by atoms with Gasteiger partial charge in [0.05, 0.1) is 19.1 Å². The number of hydrogen-bond donors (Lipinski definition) is 2. The summed E-state index contributed by atoms with van der Waals surface area (Å²) in [5.74, 6) is -0.579. The van der Waals surface area contributed by atoms with Gasteiger partial charge in [-0.3, -0.25) is 9.59 Å². The van der Waals surface area contributed by atoms with Gasteiger partial charge in [0, 0.05) is 18.5 Å². The molecule has 1 amide bonds. The molecule has 6 nitrogen and oxygen atoms in total. The third-order valence-corrected chi connectivity index (χ3v) is 3.51. The molecular formula is C16H21NO5. The molecule has 2 N–H and O–H groups in total. The Morgan fingerprint density at radius 1 is 1.27 bits per heavy atom. The van der Waals surface area contributed by atoms with Crippen molar-refractivity contribution in [2.45, 2.75) is 26.2 Å². The molecule has 1 atom stereocenters. The van der Waals surface area contributed by atoms with Gasteiger partial charge in [-0.25, -0.2) is 0 Å². The maximum atomic E-state index is 12.1. The summed E-state index contributed by atoms with van der Waals surface area (Å²) in [4.78, 5) is 23.2. The zero-order valence-corrected chi connectivity index (χ0v) is 12.6. The van der Waals surface area contributed by atoms with E-state index < -0.39 is 11.9 Å². The Bertz CT molecular complexity index is 543. The van der Waals surface area contributed by atoms with Gasteiger partial charge in [0.2, 0.25) is 0 Å². The number of rotatable bonds is 6. The van der Waals surface area contributed by atoms with Gasteiger partial charge in [-0.05, 0) is 24.6 Å². The summed E-state index contributed by atoms with van der Waals surface area (Å²) < 4.78 is 11.1. The van der Waals surface area contributed by atoms with Crippen molar-refractivity contribution in [3.05, 3.63) is 23.8 Å². The number of aliphatic carboxylic acids is 1. The predicted molar refractivity (Wildman–Crippen MR) is 80.4 cm³/mol. The van der Waals surface area contributed by atoms with Gasteiger partial charge in [-0.1, -0.05) is 13.3 Å². The van der Waals surface area contributed by atoms with Crippen molar-refractivity contribution in [2.24, 2.45) is 5.92 Å². The molecule has 1 aliphatic rings. The quantitative estimate of drug-likeness (QED) is 0.840. The topological polar surface area (TPSA) is 84.9 Å². The largest absolute Gasteiger partial charge is 0.490 e.